The minimum Gasteiger partial charge on any atom is -0.336 e. The van der Waals surface area contributed by atoms with Crippen LogP contribution in [-0.2, 0) is 15.6 Å². The molecule has 2 N–H and O–H groups in total. The molecule has 1 aromatic heterocycles. The van der Waals surface area contributed by atoms with E-state index in [2.05, 4.69) is 0 Å². The summed E-state index contributed by atoms with van der Waals surface area (Å²) < 4.78 is 24.6. The molecule has 1 amide bonds. The molecule has 1 aromatic carbocycles. The molecule has 0 saturated carbocycles. The molecule has 124 valence electrons. The maximum Gasteiger partial charge on any atom is 0.264 e. The van der Waals surface area contributed by atoms with Crippen LogP contribution in [0.4, 0.5) is 0 Å². The summed E-state index contributed by atoms with van der Waals surface area (Å²) in [6.45, 7) is 1.21. The molecule has 3 rings (SSSR count). The molecule has 0 aliphatic carbocycles. The van der Waals surface area contributed by atoms with Crippen molar-refractivity contribution in [3.8, 4) is 0 Å². The quantitative estimate of drug-likeness (QED) is 0.916. The molecule has 1 atom stereocenters. The lowest BCUT2D eigenvalue weighted by molar-refractivity contribution is 0.0713. The van der Waals surface area contributed by atoms with Gasteiger partial charge in [-0.1, -0.05) is 18.2 Å². The number of carbonyl (C=O) groups is 1. The Labute approximate surface area is 140 Å². The highest BCUT2D eigenvalue weighted by atomic mass is 32.2. The summed E-state index contributed by atoms with van der Waals surface area (Å²) in [6.07, 6.45) is 3.01. The molecule has 1 aliphatic heterocycles. The van der Waals surface area contributed by atoms with E-state index in [0.717, 1.165) is 22.9 Å². The summed E-state index contributed by atoms with van der Waals surface area (Å²) in [4.78, 5) is 15.2. The number of benzene rings is 1. The number of rotatable bonds is 3. The van der Waals surface area contributed by atoms with Gasteiger partial charge in [0, 0.05) is 30.1 Å². The Morgan fingerprint density at radius 1 is 1.39 bits per heavy atom. The lowest BCUT2D eigenvalue weighted by Gasteiger charge is -2.30. The predicted octanol–water partition coefficient (Wildman–Crippen LogP) is 2.01. The maximum absolute atomic E-state index is 12.9. The van der Waals surface area contributed by atoms with Gasteiger partial charge in [0.1, 0.15) is 0 Å². The van der Waals surface area contributed by atoms with E-state index in [1.165, 1.54) is 17.6 Å². The van der Waals surface area contributed by atoms with Crippen LogP contribution in [0.15, 0.2) is 24.3 Å². The third kappa shape index (κ3) is 3.57. The zero-order chi connectivity index (χ0) is 16.6. The molecule has 2 heterocycles. The van der Waals surface area contributed by atoms with E-state index in [0.29, 0.717) is 23.5 Å². The summed E-state index contributed by atoms with van der Waals surface area (Å²) in [5, 5.41) is 0.854. The van der Waals surface area contributed by atoms with Gasteiger partial charge >= 0.3 is 0 Å². The zero-order valence-corrected chi connectivity index (χ0v) is 14.6. The van der Waals surface area contributed by atoms with Crippen LogP contribution in [0.2, 0.25) is 0 Å². The van der Waals surface area contributed by atoms with E-state index < -0.39 is 9.84 Å². The fourth-order valence-electron chi connectivity index (χ4n) is 3.02. The molecule has 23 heavy (non-hydrogen) atoms. The van der Waals surface area contributed by atoms with Gasteiger partial charge in [-0.3, -0.25) is 4.79 Å². The summed E-state index contributed by atoms with van der Waals surface area (Å²) in [5.41, 5.74) is 6.59. The average molecular weight is 352 g/mol. The minimum absolute atomic E-state index is 0.000404. The third-order valence-electron chi connectivity index (χ3n) is 4.04. The van der Waals surface area contributed by atoms with E-state index in [9.17, 15) is 13.2 Å². The highest BCUT2D eigenvalue weighted by Gasteiger charge is 2.27. The minimum atomic E-state index is -3.22. The van der Waals surface area contributed by atoms with E-state index in [-0.39, 0.29) is 17.7 Å². The number of carbonyl (C=O) groups excluding carboxylic acids is 1. The number of nitrogens with zero attached hydrogens (tertiary/aromatic N) is 1. The Kier molecular flexibility index (Phi) is 4.44. The van der Waals surface area contributed by atoms with Crippen molar-refractivity contribution in [1.82, 2.24) is 4.90 Å². The Balaban J connectivity index is 2.05. The summed E-state index contributed by atoms with van der Waals surface area (Å²) in [6, 6.07) is 7.57. The number of hydrogen-bond donors (Lipinski definition) is 1. The van der Waals surface area contributed by atoms with Crippen molar-refractivity contribution in [2.24, 2.45) is 5.73 Å². The first-order valence-corrected chi connectivity index (χ1v) is 10.5. The molecule has 2 aromatic rings. The topological polar surface area (TPSA) is 80.5 Å². The van der Waals surface area contributed by atoms with Gasteiger partial charge in [-0.05, 0) is 29.9 Å². The van der Waals surface area contributed by atoms with Gasteiger partial charge in [0.2, 0.25) is 0 Å². The first kappa shape index (κ1) is 16.4. The van der Waals surface area contributed by atoms with Crippen LogP contribution in [0.5, 0.6) is 0 Å². The number of sulfone groups is 1. The molecular weight excluding hydrogens is 332 g/mol. The predicted molar refractivity (Wildman–Crippen MR) is 93.5 cm³/mol. The lowest BCUT2D eigenvalue weighted by atomic mass is 10.1. The summed E-state index contributed by atoms with van der Waals surface area (Å²) >= 11 is 1.37. The normalized spacial score (nSPS) is 19.2. The van der Waals surface area contributed by atoms with Crippen molar-refractivity contribution in [1.29, 1.82) is 0 Å². The molecule has 1 aliphatic rings. The van der Waals surface area contributed by atoms with Crippen molar-refractivity contribution in [3.63, 3.8) is 0 Å². The van der Waals surface area contributed by atoms with E-state index in [1.807, 2.05) is 24.3 Å². The zero-order valence-electron chi connectivity index (χ0n) is 13.0. The highest BCUT2D eigenvalue weighted by molar-refractivity contribution is 7.89. The maximum atomic E-state index is 12.9. The monoisotopic (exact) mass is 352 g/mol. The van der Waals surface area contributed by atoms with Gasteiger partial charge in [-0.25, -0.2) is 8.42 Å². The molecule has 0 spiro atoms. The van der Waals surface area contributed by atoms with Crippen molar-refractivity contribution in [2.75, 3.05) is 19.3 Å². The summed E-state index contributed by atoms with van der Waals surface area (Å²) in [5.74, 6) is -0.210. The molecule has 0 radical (unpaired) electrons. The van der Waals surface area contributed by atoms with Crippen LogP contribution in [0.1, 0.15) is 28.1 Å². The van der Waals surface area contributed by atoms with Gasteiger partial charge in [-0.2, -0.15) is 0 Å². The Bertz CT molecular complexity index is 842. The smallest absolute Gasteiger partial charge is 0.264 e. The highest BCUT2D eigenvalue weighted by Crippen LogP contribution is 2.33. The molecule has 0 unspecified atom stereocenters. The Hall–Kier alpha value is -1.44. The van der Waals surface area contributed by atoms with Crippen LogP contribution in [0, 0.1) is 0 Å². The number of amides is 1. The number of hydrogen-bond acceptors (Lipinski definition) is 5. The van der Waals surface area contributed by atoms with Gasteiger partial charge in [-0.15, -0.1) is 11.3 Å². The van der Waals surface area contributed by atoms with Crippen molar-refractivity contribution in [2.45, 2.75) is 24.6 Å². The van der Waals surface area contributed by atoms with Crippen LogP contribution in [0.25, 0.3) is 10.1 Å². The Morgan fingerprint density at radius 2 is 2.13 bits per heavy atom. The van der Waals surface area contributed by atoms with Gasteiger partial charge in [0.25, 0.3) is 5.91 Å². The first-order valence-electron chi connectivity index (χ1n) is 7.58. The lowest BCUT2D eigenvalue weighted by Crippen LogP contribution is -2.45. The number of nitrogens with two attached hydrogens (primary N) is 1. The second-order valence-electron chi connectivity index (χ2n) is 6.13. The number of likely N-dealkylation sites (tertiary alicyclic amines) is 1. The molecule has 1 fully saturated rings. The molecule has 1 saturated heterocycles. The largest absolute Gasteiger partial charge is 0.336 e. The van der Waals surface area contributed by atoms with Crippen LogP contribution >= 0.6 is 11.3 Å². The van der Waals surface area contributed by atoms with Crippen molar-refractivity contribution < 1.29 is 13.2 Å². The third-order valence-corrected chi connectivity index (χ3v) is 6.06. The fourth-order valence-corrected chi connectivity index (χ4v) is 5.12. The average Bonchev–Trinajstić information content (AvgIpc) is 2.83. The van der Waals surface area contributed by atoms with Crippen molar-refractivity contribution >= 4 is 37.2 Å². The Morgan fingerprint density at radius 3 is 2.83 bits per heavy atom. The van der Waals surface area contributed by atoms with Gasteiger partial charge in [0.15, 0.2) is 9.84 Å². The van der Waals surface area contributed by atoms with E-state index in [1.54, 1.807) is 4.90 Å². The molecule has 0 bridgehead atoms. The number of piperidine rings is 1. The van der Waals surface area contributed by atoms with Crippen molar-refractivity contribution in [3.05, 3.63) is 34.7 Å². The molecule has 5 nitrogen and oxygen atoms in total. The van der Waals surface area contributed by atoms with Gasteiger partial charge in [0.05, 0.1) is 10.6 Å². The number of fused-ring (bicyclic) bond motifs is 1. The summed E-state index contributed by atoms with van der Waals surface area (Å²) in [7, 11) is -3.22. The fraction of sp³-hybridized carbons (Fsp3) is 0.438. The van der Waals surface area contributed by atoms with E-state index in [4.69, 9.17) is 5.73 Å². The van der Waals surface area contributed by atoms with E-state index >= 15 is 0 Å². The SMILES string of the molecule is CS(=O)(=O)Cc1c(C(=O)N2CCC[C@H](N)C2)sc2ccccc12. The molecular formula is C16H20N2O3S2. The molecule has 7 heteroatoms. The second-order valence-corrected chi connectivity index (χ2v) is 9.32. The number of thiophene rings is 1. The first-order chi connectivity index (χ1) is 10.8. The second kappa shape index (κ2) is 6.22. The van der Waals surface area contributed by atoms with Crippen LogP contribution in [-0.4, -0.2) is 44.6 Å². The van der Waals surface area contributed by atoms with Crippen LogP contribution < -0.4 is 5.73 Å². The van der Waals surface area contributed by atoms with Gasteiger partial charge < -0.3 is 10.6 Å². The standard InChI is InChI=1S/C16H20N2O3S2/c1-23(20,21)10-13-12-6-2-3-7-14(12)22-15(13)16(19)18-8-4-5-11(17)9-18/h2-3,6-7,11H,4-5,8-10,17H2,1H3/t11-/m0/s1. The van der Waals surface area contributed by atoms with Crippen LogP contribution in [0.3, 0.4) is 0 Å².